The number of aryl methyl sites for hydroxylation is 2. The molecule has 0 bridgehead atoms. The lowest BCUT2D eigenvalue weighted by Gasteiger charge is -2.31. The van der Waals surface area contributed by atoms with Gasteiger partial charge < -0.3 is 19.6 Å². The van der Waals surface area contributed by atoms with E-state index in [1.165, 1.54) is 15.8 Å². The third-order valence-electron chi connectivity index (χ3n) is 7.53. The number of aromatic nitrogens is 5. The van der Waals surface area contributed by atoms with Gasteiger partial charge in [-0.15, -0.1) is 0 Å². The van der Waals surface area contributed by atoms with Crippen LogP contribution in [0.2, 0.25) is 0 Å². The molecule has 4 aromatic rings. The van der Waals surface area contributed by atoms with Gasteiger partial charge in [0.2, 0.25) is 0 Å². The van der Waals surface area contributed by atoms with Crippen LogP contribution in [0.4, 0.5) is 17.3 Å². The van der Waals surface area contributed by atoms with E-state index in [1.807, 2.05) is 19.1 Å². The number of fused-ring (bicyclic) bond motifs is 3. The highest BCUT2D eigenvalue weighted by molar-refractivity contribution is 6.06. The van der Waals surface area contributed by atoms with Gasteiger partial charge in [0.1, 0.15) is 17.2 Å². The van der Waals surface area contributed by atoms with Gasteiger partial charge in [0, 0.05) is 61.1 Å². The van der Waals surface area contributed by atoms with Crippen molar-refractivity contribution in [1.82, 2.24) is 24.3 Å². The van der Waals surface area contributed by atoms with Gasteiger partial charge in [0.15, 0.2) is 5.82 Å². The highest BCUT2D eigenvalue weighted by Gasteiger charge is 2.37. The van der Waals surface area contributed by atoms with Crippen LogP contribution in [-0.2, 0) is 33.0 Å². The number of hydrogen-bond acceptors (Lipinski definition) is 6. The zero-order valence-corrected chi connectivity index (χ0v) is 22.0. The topological polar surface area (TPSA) is 121 Å². The molecular formula is C28H31N7O3. The van der Waals surface area contributed by atoms with Crippen LogP contribution in [0.25, 0.3) is 11.1 Å². The highest BCUT2D eigenvalue weighted by Crippen LogP contribution is 2.40. The molecule has 10 heteroatoms. The maximum atomic E-state index is 13.7. The first kappa shape index (κ1) is 24.2. The van der Waals surface area contributed by atoms with E-state index in [2.05, 4.69) is 38.9 Å². The van der Waals surface area contributed by atoms with Gasteiger partial charge in [0.25, 0.3) is 11.5 Å². The second-order valence-electron chi connectivity index (χ2n) is 11.1. The molecule has 196 valence electrons. The Morgan fingerprint density at radius 1 is 1.16 bits per heavy atom. The maximum Gasteiger partial charge on any atom is 0.276 e. The summed E-state index contributed by atoms with van der Waals surface area (Å²) in [5, 5.41) is 20.6. The van der Waals surface area contributed by atoms with E-state index in [1.54, 1.807) is 36.5 Å². The number of hydrogen-bond donors (Lipinski definition) is 3. The molecule has 0 spiro atoms. The van der Waals surface area contributed by atoms with Gasteiger partial charge in [-0.1, -0.05) is 13.8 Å². The minimum atomic E-state index is -0.307. The van der Waals surface area contributed by atoms with Crippen molar-refractivity contribution in [2.45, 2.75) is 46.8 Å². The van der Waals surface area contributed by atoms with Crippen molar-refractivity contribution < 1.29 is 9.90 Å². The Hall–Kier alpha value is -4.18. The number of H-pyrrole nitrogens is 1. The zero-order valence-electron chi connectivity index (χ0n) is 22.0. The molecule has 3 N–H and O–H groups in total. The molecule has 38 heavy (non-hydrogen) atoms. The number of anilines is 3. The Morgan fingerprint density at radius 3 is 2.71 bits per heavy atom. The first-order valence-corrected chi connectivity index (χ1v) is 12.8. The summed E-state index contributed by atoms with van der Waals surface area (Å²) in [5.74, 6) is 0.862. The Kier molecular flexibility index (Phi) is 5.53. The number of aromatic amines is 1. The summed E-state index contributed by atoms with van der Waals surface area (Å²) >= 11 is 0. The predicted molar refractivity (Wildman–Crippen MR) is 145 cm³/mol. The van der Waals surface area contributed by atoms with Crippen molar-refractivity contribution >= 4 is 23.2 Å². The smallest absolute Gasteiger partial charge is 0.276 e. The van der Waals surface area contributed by atoms with Crippen molar-refractivity contribution in [3.8, 4) is 11.1 Å². The van der Waals surface area contributed by atoms with E-state index in [0.717, 1.165) is 18.5 Å². The number of nitrogens with zero attached hydrogens (tertiary/aromatic N) is 5. The lowest BCUT2D eigenvalue weighted by atomic mass is 9.90. The molecule has 1 amide bonds. The molecule has 0 radical (unpaired) electrons. The molecule has 6 rings (SSSR count). The summed E-state index contributed by atoms with van der Waals surface area (Å²) < 4.78 is 3.65. The lowest BCUT2D eigenvalue weighted by Crippen LogP contribution is -2.41. The minimum absolute atomic E-state index is 0.112. The fourth-order valence-corrected chi connectivity index (χ4v) is 5.82. The zero-order chi connectivity index (χ0) is 26.8. The first-order chi connectivity index (χ1) is 18.1. The number of pyridine rings is 2. The van der Waals surface area contributed by atoms with E-state index in [0.29, 0.717) is 52.8 Å². The number of aliphatic hydroxyl groups excluding tert-OH is 1. The quantitative estimate of drug-likeness (QED) is 0.377. The Bertz CT molecular complexity index is 1640. The van der Waals surface area contributed by atoms with E-state index >= 15 is 0 Å². The molecule has 2 aliphatic rings. The number of aliphatic hydroxyl groups is 1. The summed E-state index contributed by atoms with van der Waals surface area (Å²) in [6, 6.07) is 7.37. The first-order valence-electron chi connectivity index (χ1n) is 12.8. The molecule has 0 unspecified atom stereocenters. The predicted octanol–water partition coefficient (Wildman–Crippen LogP) is 3.30. The number of amides is 1. The van der Waals surface area contributed by atoms with Gasteiger partial charge in [-0.05, 0) is 54.5 Å². The minimum Gasteiger partial charge on any atom is -0.392 e. The Balaban J connectivity index is 1.38. The van der Waals surface area contributed by atoms with Crippen LogP contribution in [0.5, 0.6) is 0 Å². The van der Waals surface area contributed by atoms with Crippen LogP contribution in [0, 0.1) is 12.3 Å². The summed E-state index contributed by atoms with van der Waals surface area (Å²) in [7, 11) is 1.68. The van der Waals surface area contributed by atoms with Crippen molar-refractivity contribution in [3.63, 3.8) is 0 Å². The van der Waals surface area contributed by atoms with Gasteiger partial charge >= 0.3 is 0 Å². The summed E-state index contributed by atoms with van der Waals surface area (Å²) in [6.45, 7) is 7.24. The lowest BCUT2D eigenvalue weighted by molar-refractivity contribution is 0.0962. The molecule has 1 aliphatic carbocycles. The van der Waals surface area contributed by atoms with Gasteiger partial charge in [-0.3, -0.25) is 19.6 Å². The summed E-state index contributed by atoms with van der Waals surface area (Å²) in [6.07, 6.45) is 5.29. The maximum absolute atomic E-state index is 13.7. The monoisotopic (exact) mass is 513 g/mol. The number of rotatable bonds is 5. The molecule has 0 saturated heterocycles. The summed E-state index contributed by atoms with van der Waals surface area (Å²) in [5.41, 5.74) is 6.36. The molecule has 1 aliphatic heterocycles. The Morgan fingerprint density at radius 2 is 1.97 bits per heavy atom. The average molecular weight is 514 g/mol. The fourth-order valence-electron chi connectivity index (χ4n) is 5.82. The number of carbonyl (C=O) groups excluding carboxylic acids is 1. The molecule has 5 heterocycles. The van der Waals surface area contributed by atoms with Crippen molar-refractivity contribution in [1.29, 1.82) is 0 Å². The standard InChI is InChI=1S/C28H31N7O3/c1-16-9-24(32-31-16)30-21-10-18(14-33(4)26(21)37)19-5-6-29-25(20(19)15-36)35-8-7-34-22(27(35)38)11-17-12-28(2,3)13-23(17)34/h5-6,9-11,14,36H,7-8,12-13,15H2,1-4H3,(H2,30,31,32). The molecule has 10 nitrogen and oxygen atoms in total. The van der Waals surface area contributed by atoms with Crippen LogP contribution in [0.1, 0.15) is 46.9 Å². The van der Waals surface area contributed by atoms with E-state index in [4.69, 9.17) is 0 Å². The molecule has 0 fully saturated rings. The van der Waals surface area contributed by atoms with Crippen molar-refractivity contribution in [3.05, 3.63) is 75.2 Å². The van der Waals surface area contributed by atoms with E-state index in [9.17, 15) is 14.7 Å². The normalized spacial score (nSPS) is 16.0. The number of nitrogens with one attached hydrogen (secondary N) is 2. The number of carbonyl (C=O) groups is 1. The van der Waals surface area contributed by atoms with Crippen molar-refractivity contribution in [2.75, 3.05) is 16.8 Å². The fraction of sp³-hybridized carbons (Fsp3) is 0.357. The molecular weight excluding hydrogens is 482 g/mol. The highest BCUT2D eigenvalue weighted by atomic mass is 16.3. The van der Waals surface area contributed by atoms with Crippen LogP contribution < -0.4 is 15.8 Å². The molecule has 0 aromatic carbocycles. The van der Waals surface area contributed by atoms with Crippen LogP contribution in [-0.4, -0.2) is 41.9 Å². The largest absolute Gasteiger partial charge is 0.392 e. The van der Waals surface area contributed by atoms with Crippen LogP contribution in [0.15, 0.2) is 41.5 Å². The molecule has 0 saturated carbocycles. The van der Waals surface area contributed by atoms with Gasteiger partial charge in [-0.2, -0.15) is 5.10 Å². The van der Waals surface area contributed by atoms with E-state index < -0.39 is 0 Å². The average Bonchev–Trinajstić information content (AvgIpc) is 3.53. The van der Waals surface area contributed by atoms with Gasteiger partial charge in [0.05, 0.1) is 6.61 Å². The molecule has 0 atom stereocenters. The molecule has 4 aromatic heterocycles. The van der Waals surface area contributed by atoms with Crippen LogP contribution in [0.3, 0.4) is 0 Å². The van der Waals surface area contributed by atoms with Crippen LogP contribution >= 0.6 is 0 Å². The van der Waals surface area contributed by atoms with E-state index in [-0.39, 0.29) is 23.5 Å². The SMILES string of the molecule is Cc1cc(Nc2cc(-c3ccnc(N4CCn5c(cc6c5CC(C)(C)C6)C4=O)c3CO)cn(C)c2=O)n[nH]1. The third-order valence-corrected chi connectivity index (χ3v) is 7.53. The van der Waals surface area contributed by atoms with Crippen molar-refractivity contribution in [2.24, 2.45) is 12.5 Å². The Labute approximate surface area is 219 Å². The summed E-state index contributed by atoms with van der Waals surface area (Å²) in [4.78, 5) is 32.7. The second kappa shape index (κ2) is 8.70. The third kappa shape index (κ3) is 3.92. The second-order valence-corrected chi connectivity index (χ2v) is 11.1. The van der Waals surface area contributed by atoms with Gasteiger partial charge in [-0.25, -0.2) is 4.98 Å².